The summed E-state index contributed by atoms with van der Waals surface area (Å²) in [5.41, 5.74) is 0.667. The van der Waals surface area contributed by atoms with E-state index < -0.39 is 5.97 Å². The van der Waals surface area contributed by atoms with Gasteiger partial charge in [0.2, 0.25) is 5.88 Å². The summed E-state index contributed by atoms with van der Waals surface area (Å²) >= 11 is 3.27. The molecule has 0 radical (unpaired) electrons. The van der Waals surface area contributed by atoms with Crippen LogP contribution in [0.3, 0.4) is 0 Å². The summed E-state index contributed by atoms with van der Waals surface area (Å²) in [6.07, 6.45) is 1.55. The lowest BCUT2D eigenvalue weighted by Gasteiger charge is -2.05. The van der Waals surface area contributed by atoms with Gasteiger partial charge in [0.05, 0.1) is 12.7 Å². The van der Waals surface area contributed by atoms with E-state index in [1.807, 2.05) is 0 Å². The smallest absolute Gasteiger partial charge is 0.341 e. The van der Waals surface area contributed by atoms with Crippen LogP contribution in [0.25, 0.3) is 11.3 Å². The van der Waals surface area contributed by atoms with Gasteiger partial charge in [0.1, 0.15) is 17.0 Å². The number of ether oxygens (including phenoxy) is 1. The number of hydrogen-bond acceptors (Lipinski definition) is 5. The molecule has 94 valence electrons. The van der Waals surface area contributed by atoms with E-state index >= 15 is 0 Å². The van der Waals surface area contributed by atoms with Crippen molar-refractivity contribution in [1.29, 1.82) is 0 Å². The van der Waals surface area contributed by atoms with Crippen LogP contribution in [0.2, 0.25) is 0 Å². The molecule has 18 heavy (non-hydrogen) atoms. The fourth-order valence-electron chi connectivity index (χ4n) is 1.57. The zero-order valence-corrected chi connectivity index (χ0v) is 11.2. The van der Waals surface area contributed by atoms with Crippen LogP contribution < -0.4 is 4.74 Å². The molecule has 6 nitrogen and oxygen atoms in total. The van der Waals surface area contributed by atoms with Gasteiger partial charge in [-0.2, -0.15) is 0 Å². The molecule has 0 aliphatic rings. The standard InChI is InChI=1S/C11H9BrN2O4/c1-5-8(11(15)16)9(14-18-5)7-3-6(12)4-13-10(7)17-2/h3-4H,1-2H3,(H,15,16). The minimum atomic E-state index is -1.11. The molecule has 2 rings (SSSR count). The lowest BCUT2D eigenvalue weighted by molar-refractivity contribution is 0.0696. The van der Waals surface area contributed by atoms with Crippen LogP contribution in [-0.4, -0.2) is 28.3 Å². The Morgan fingerprint density at radius 1 is 1.56 bits per heavy atom. The molecule has 0 amide bonds. The Hall–Kier alpha value is -1.89. The maximum atomic E-state index is 11.2. The second-order valence-electron chi connectivity index (χ2n) is 3.48. The van der Waals surface area contributed by atoms with Crippen LogP contribution in [0.15, 0.2) is 21.3 Å². The van der Waals surface area contributed by atoms with Crippen molar-refractivity contribution < 1.29 is 19.2 Å². The molecular weight excluding hydrogens is 304 g/mol. The highest BCUT2D eigenvalue weighted by atomic mass is 79.9. The fraction of sp³-hybridized carbons (Fsp3) is 0.182. The second-order valence-corrected chi connectivity index (χ2v) is 4.39. The maximum Gasteiger partial charge on any atom is 0.341 e. The summed E-state index contributed by atoms with van der Waals surface area (Å²) in [4.78, 5) is 15.2. The van der Waals surface area contributed by atoms with Crippen molar-refractivity contribution in [3.05, 3.63) is 28.1 Å². The number of carboxylic acid groups (broad SMARTS) is 1. The summed E-state index contributed by atoms with van der Waals surface area (Å²) in [6, 6.07) is 1.68. The first-order chi connectivity index (χ1) is 8.54. The second kappa shape index (κ2) is 4.77. The van der Waals surface area contributed by atoms with Crippen molar-refractivity contribution in [3.63, 3.8) is 0 Å². The van der Waals surface area contributed by atoms with Gasteiger partial charge in [-0.3, -0.25) is 0 Å². The van der Waals surface area contributed by atoms with Gasteiger partial charge in [0.15, 0.2) is 0 Å². The summed E-state index contributed by atoms with van der Waals surface area (Å²) < 4.78 is 10.7. The molecule has 0 saturated heterocycles. The van der Waals surface area contributed by atoms with E-state index in [1.54, 1.807) is 12.3 Å². The highest BCUT2D eigenvalue weighted by Gasteiger charge is 2.24. The van der Waals surface area contributed by atoms with Crippen molar-refractivity contribution in [1.82, 2.24) is 10.1 Å². The van der Waals surface area contributed by atoms with Crippen LogP contribution in [0.4, 0.5) is 0 Å². The highest BCUT2D eigenvalue weighted by molar-refractivity contribution is 9.10. The first-order valence-electron chi connectivity index (χ1n) is 4.94. The predicted octanol–water partition coefficient (Wildman–Crippen LogP) is 2.51. The number of pyridine rings is 1. The molecule has 0 aliphatic heterocycles. The van der Waals surface area contributed by atoms with Gasteiger partial charge < -0.3 is 14.4 Å². The third-order valence-corrected chi connectivity index (χ3v) is 2.78. The molecule has 0 spiro atoms. The van der Waals surface area contributed by atoms with Gasteiger partial charge in [-0.1, -0.05) is 5.16 Å². The van der Waals surface area contributed by atoms with Crippen LogP contribution >= 0.6 is 15.9 Å². The zero-order valence-electron chi connectivity index (χ0n) is 9.60. The minimum absolute atomic E-state index is 0.00759. The predicted molar refractivity (Wildman–Crippen MR) is 65.7 cm³/mol. The Bertz CT molecular complexity index is 609. The molecule has 0 bridgehead atoms. The molecule has 2 aromatic rings. The third-order valence-electron chi connectivity index (χ3n) is 2.34. The lowest BCUT2D eigenvalue weighted by Crippen LogP contribution is -2.01. The van der Waals surface area contributed by atoms with E-state index in [0.29, 0.717) is 10.0 Å². The molecule has 2 heterocycles. The first kappa shape index (κ1) is 12.6. The SMILES string of the molecule is COc1ncc(Br)cc1-c1noc(C)c1C(=O)O. The van der Waals surface area contributed by atoms with E-state index in [1.165, 1.54) is 14.0 Å². The summed E-state index contributed by atoms with van der Waals surface area (Å²) in [5.74, 6) is -0.584. The average molecular weight is 313 g/mol. The first-order valence-corrected chi connectivity index (χ1v) is 5.73. The van der Waals surface area contributed by atoms with E-state index in [0.717, 1.165) is 0 Å². The molecule has 2 aromatic heterocycles. The van der Waals surface area contributed by atoms with Gasteiger partial charge in [-0.05, 0) is 28.9 Å². The molecule has 0 aromatic carbocycles. The Kier molecular flexibility index (Phi) is 3.33. The Morgan fingerprint density at radius 3 is 2.89 bits per heavy atom. The zero-order chi connectivity index (χ0) is 13.3. The number of hydrogen-bond donors (Lipinski definition) is 1. The largest absolute Gasteiger partial charge is 0.481 e. The van der Waals surface area contributed by atoms with Gasteiger partial charge in [0.25, 0.3) is 0 Å². The van der Waals surface area contributed by atoms with Crippen LogP contribution in [-0.2, 0) is 0 Å². The van der Waals surface area contributed by atoms with Crippen molar-refractivity contribution in [2.75, 3.05) is 7.11 Å². The number of aromatic nitrogens is 2. The van der Waals surface area contributed by atoms with Crippen molar-refractivity contribution in [3.8, 4) is 17.1 Å². The number of methoxy groups -OCH3 is 1. The minimum Gasteiger partial charge on any atom is -0.481 e. The fourth-order valence-corrected chi connectivity index (χ4v) is 1.90. The highest BCUT2D eigenvalue weighted by Crippen LogP contribution is 2.33. The number of aromatic carboxylic acids is 1. The Balaban J connectivity index is 2.69. The molecule has 0 aliphatic carbocycles. The van der Waals surface area contributed by atoms with E-state index in [-0.39, 0.29) is 22.9 Å². The van der Waals surface area contributed by atoms with E-state index in [4.69, 9.17) is 14.4 Å². The molecule has 0 fully saturated rings. The quantitative estimate of drug-likeness (QED) is 0.937. The summed E-state index contributed by atoms with van der Waals surface area (Å²) in [5, 5.41) is 12.9. The van der Waals surface area contributed by atoms with E-state index in [9.17, 15) is 4.79 Å². The summed E-state index contributed by atoms with van der Waals surface area (Å²) in [6.45, 7) is 1.54. The summed E-state index contributed by atoms with van der Waals surface area (Å²) in [7, 11) is 1.45. The van der Waals surface area contributed by atoms with Gasteiger partial charge in [0, 0.05) is 10.7 Å². The van der Waals surface area contributed by atoms with Crippen LogP contribution in [0, 0.1) is 6.92 Å². The van der Waals surface area contributed by atoms with Crippen molar-refractivity contribution in [2.45, 2.75) is 6.92 Å². The molecular formula is C11H9BrN2O4. The molecule has 7 heteroatoms. The van der Waals surface area contributed by atoms with Gasteiger partial charge in [-0.15, -0.1) is 0 Å². The molecule has 0 atom stereocenters. The number of aryl methyl sites for hydroxylation is 1. The monoisotopic (exact) mass is 312 g/mol. The van der Waals surface area contributed by atoms with Crippen LogP contribution in [0.5, 0.6) is 5.88 Å². The Morgan fingerprint density at radius 2 is 2.28 bits per heavy atom. The molecule has 0 saturated carbocycles. The van der Waals surface area contributed by atoms with E-state index in [2.05, 4.69) is 26.1 Å². The third kappa shape index (κ3) is 2.08. The maximum absolute atomic E-state index is 11.2. The molecule has 1 N–H and O–H groups in total. The van der Waals surface area contributed by atoms with Gasteiger partial charge in [-0.25, -0.2) is 9.78 Å². The number of carboxylic acids is 1. The van der Waals surface area contributed by atoms with Crippen LogP contribution in [0.1, 0.15) is 16.1 Å². The Labute approximate surface area is 111 Å². The van der Waals surface area contributed by atoms with Crippen molar-refractivity contribution >= 4 is 21.9 Å². The van der Waals surface area contributed by atoms with Crippen molar-refractivity contribution in [2.24, 2.45) is 0 Å². The molecule has 0 unspecified atom stereocenters. The number of rotatable bonds is 3. The number of nitrogens with zero attached hydrogens (tertiary/aromatic N) is 2. The van der Waals surface area contributed by atoms with Gasteiger partial charge >= 0.3 is 5.97 Å². The topological polar surface area (TPSA) is 85.5 Å². The lowest BCUT2D eigenvalue weighted by atomic mass is 10.1. The number of halogens is 1. The normalized spacial score (nSPS) is 10.4. The number of carbonyl (C=O) groups is 1. The average Bonchev–Trinajstić information content (AvgIpc) is 2.71.